The van der Waals surface area contributed by atoms with Crippen LogP contribution in [0.5, 0.6) is 0 Å². The molecule has 6 nitrogen and oxygen atoms in total. The third kappa shape index (κ3) is 3.21. The fourth-order valence-corrected chi connectivity index (χ4v) is 1.54. The highest BCUT2D eigenvalue weighted by Gasteiger charge is 2.28. The monoisotopic (exact) mass is 231 g/mol. The molecule has 0 amide bonds. The molecule has 0 aliphatic heterocycles. The Balaban J connectivity index is 2.53. The van der Waals surface area contributed by atoms with E-state index in [1.54, 1.807) is 13.8 Å². The predicted octanol–water partition coefficient (Wildman–Crippen LogP) is 0.731. The van der Waals surface area contributed by atoms with Crippen molar-refractivity contribution in [3.05, 3.63) is 5.89 Å². The van der Waals surface area contributed by atoms with Crippen molar-refractivity contribution < 1.29 is 14.3 Å². The number of rotatable bonds is 5. The number of carboxylic acid groups (broad SMARTS) is 1. The van der Waals surface area contributed by atoms with Gasteiger partial charge in [-0.3, -0.25) is 4.79 Å². The minimum Gasteiger partial charge on any atom is -0.481 e. The van der Waals surface area contributed by atoms with Crippen molar-refractivity contribution in [3.8, 4) is 0 Å². The summed E-state index contributed by atoms with van der Waals surface area (Å²) in [6, 6.07) is 0. The molecule has 0 fully saturated rings. The van der Waals surface area contributed by atoms with E-state index < -0.39 is 11.4 Å². The lowest BCUT2D eigenvalue weighted by atomic mass is 9.97. The molecule has 0 saturated carbocycles. The summed E-state index contributed by atoms with van der Waals surface area (Å²) in [5, 5.41) is 16.6. The van der Waals surface area contributed by atoms with Gasteiger partial charge in [0, 0.05) is 5.75 Å². The fraction of sp³-hybridized carbons (Fsp3) is 0.625. The van der Waals surface area contributed by atoms with E-state index in [2.05, 4.69) is 10.2 Å². The molecule has 0 radical (unpaired) electrons. The average Bonchev–Trinajstić information content (AvgIpc) is 2.62. The van der Waals surface area contributed by atoms with Crippen LogP contribution in [-0.2, 0) is 11.3 Å². The topological polar surface area (TPSA) is 102 Å². The van der Waals surface area contributed by atoms with Crippen molar-refractivity contribution >= 4 is 17.7 Å². The first kappa shape index (κ1) is 12.0. The minimum absolute atomic E-state index is 0.190. The Kier molecular flexibility index (Phi) is 3.70. The molecule has 0 aliphatic carbocycles. The first-order valence-corrected chi connectivity index (χ1v) is 5.33. The first-order valence-electron chi connectivity index (χ1n) is 4.34. The van der Waals surface area contributed by atoms with Gasteiger partial charge < -0.3 is 15.3 Å². The van der Waals surface area contributed by atoms with Crippen molar-refractivity contribution in [3.63, 3.8) is 0 Å². The second-order valence-corrected chi connectivity index (χ2v) is 4.57. The highest BCUT2D eigenvalue weighted by Crippen LogP contribution is 2.26. The number of nitrogens with two attached hydrogens (primary N) is 1. The Morgan fingerprint density at radius 2 is 2.27 bits per heavy atom. The van der Waals surface area contributed by atoms with Crippen LogP contribution >= 0.6 is 11.8 Å². The van der Waals surface area contributed by atoms with Gasteiger partial charge in [0.2, 0.25) is 5.89 Å². The highest BCUT2D eigenvalue weighted by atomic mass is 32.2. The SMILES string of the molecule is CC(C)(CSc1nnc(CN)o1)C(=O)O. The molecule has 0 unspecified atom stereocenters. The summed E-state index contributed by atoms with van der Waals surface area (Å²) in [5.74, 6) is -0.131. The Bertz CT molecular complexity index is 351. The average molecular weight is 231 g/mol. The maximum absolute atomic E-state index is 10.8. The van der Waals surface area contributed by atoms with E-state index in [0.717, 1.165) is 0 Å². The van der Waals surface area contributed by atoms with Gasteiger partial charge in [-0.05, 0) is 13.8 Å². The lowest BCUT2D eigenvalue weighted by molar-refractivity contribution is -0.145. The molecule has 7 heteroatoms. The number of aromatic nitrogens is 2. The van der Waals surface area contributed by atoms with Crippen LogP contribution in [0.1, 0.15) is 19.7 Å². The van der Waals surface area contributed by atoms with E-state index in [1.165, 1.54) is 11.8 Å². The molecule has 0 atom stereocenters. The summed E-state index contributed by atoms with van der Waals surface area (Å²) >= 11 is 1.22. The summed E-state index contributed by atoms with van der Waals surface area (Å²) in [5.41, 5.74) is 4.48. The van der Waals surface area contributed by atoms with Gasteiger partial charge in [0.25, 0.3) is 5.22 Å². The standard InChI is InChI=1S/C8H13N3O3S/c1-8(2,6(12)13)4-15-7-11-10-5(3-9)14-7/h3-4,9H2,1-2H3,(H,12,13). The Hall–Kier alpha value is -1.08. The number of hydrogen-bond donors (Lipinski definition) is 2. The summed E-state index contributed by atoms with van der Waals surface area (Å²) in [7, 11) is 0. The molecule has 1 aromatic rings. The highest BCUT2D eigenvalue weighted by molar-refractivity contribution is 7.99. The quantitative estimate of drug-likeness (QED) is 0.720. The van der Waals surface area contributed by atoms with Crippen LogP contribution in [0.2, 0.25) is 0 Å². The van der Waals surface area contributed by atoms with Gasteiger partial charge in [-0.15, -0.1) is 10.2 Å². The minimum atomic E-state index is -0.853. The molecule has 0 saturated heterocycles. The third-order valence-corrected chi connectivity index (χ3v) is 3.04. The van der Waals surface area contributed by atoms with Gasteiger partial charge in [-0.1, -0.05) is 11.8 Å². The van der Waals surface area contributed by atoms with Crippen molar-refractivity contribution in [1.82, 2.24) is 10.2 Å². The lowest BCUT2D eigenvalue weighted by Crippen LogP contribution is -2.26. The molecule has 3 N–H and O–H groups in total. The van der Waals surface area contributed by atoms with Crippen molar-refractivity contribution in [1.29, 1.82) is 0 Å². The second-order valence-electron chi connectivity index (χ2n) is 3.64. The Morgan fingerprint density at radius 1 is 1.60 bits per heavy atom. The first-order chi connectivity index (χ1) is 6.95. The molecular formula is C8H13N3O3S. The lowest BCUT2D eigenvalue weighted by Gasteiger charge is -2.16. The molecule has 1 rings (SSSR count). The fourth-order valence-electron chi connectivity index (χ4n) is 0.683. The molecule has 0 aliphatic rings. The van der Waals surface area contributed by atoms with Crippen LogP contribution in [0.4, 0.5) is 0 Å². The number of carboxylic acids is 1. The van der Waals surface area contributed by atoms with E-state index in [9.17, 15) is 4.79 Å². The van der Waals surface area contributed by atoms with E-state index >= 15 is 0 Å². The van der Waals surface area contributed by atoms with Crippen LogP contribution < -0.4 is 5.73 Å². The third-order valence-electron chi connectivity index (χ3n) is 1.76. The van der Waals surface area contributed by atoms with Gasteiger partial charge >= 0.3 is 5.97 Å². The maximum Gasteiger partial charge on any atom is 0.309 e. The molecular weight excluding hydrogens is 218 g/mol. The van der Waals surface area contributed by atoms with Crippen LogP contribution in [0.15, 0.2) is 9.64 Å². The van der Waals surface area contributed by atoms with E-state index in [0.29, 0.717) is 16.9 Å². The van der Waals surface area contributed by atoms with Gasteiger partial charge in [0.15, 0.2) is 0 Å². The molecule has 0 aromatic carbocycles. The Labute approximate surface area is 91.2 Å². The van der Waals surface area contributed by atoms with Crippen LogP contribution in [0.25, 0.3) is 0 Å². The summed E-state index contributed by atoms with van der Waals surface area (Å²) in [6.45, 7) is 3.47. The summed E-state index contributed by atoms with van der Waals surface area (Å²) in [6.07, 6.45) is 0. The van der Waals surface area contributed by atoms with Gasteiger partial charge in [-0.2, -0.15) is 0 Å². The summed E-state index contributed by atoms with van der Waals surface area (Å²) < 4.78 is 5.13. The van der Waals surface area contributed by atoms with Crippen molar-refractivity contribution in [2.24, 2.45) is 11.1 Å². The molecule has 15 heavy (non-hydrogen) atoms. The van der Waals surface area contributed by atoms with Crippen LogP contribution in [-0.4, -0.2) is 27.0 Å². The van der Waals surface area contributed by atoms with Crippen LogP contribution in [0.3, 0.4) is 0 Å². The largest absolute Gasteiger partial charge is 0.481 e. The smallest absolute Gasteiger partial charge is 0.309 e. The number of aliphatic carboxylic acids is 1. The van der Waals surface area contributed by atoms with Gasteiger partial charge in [0.05, 0.1) is 12.0 Å². The zero-order valence-electron chi connectivity index (χ0n) is 8.56. The number of hydrogen-bond acceptors (Lipinski definition) is 6. The van der Waals surface area contributed by atoms with Gasteiger partial charge in [-0.25, -0.2) is 0 Å². The van der Waals surface area contributed by atoms with Crippen molar-refractivity contribution in [2.45, 2.75) is 25.6 Å². The van der Waals surface area contributed by atoms with E-state index in [-0.39, 0.29) is 6.54 Å². The maximum atomic E-state index is 10.8. The second kappa shape index (κ2) is 4.63. The molecule has 84 valence electrons. The van der Waals surface area contributed by atoms with Crippen LogP contribution in [0, 0.1) is 5.41 Å². The number of carbonyl (C=O) groups is 1. The predicted molar refractivity (Wildman–Crippen MR) is 54.3 cm³/mol. The summed E-state index contributed by atoms with van der Waals surface area (Å²) in [4.78, 5) is 10.8. The molecule has 0 spiro atoms. The van der Waals surface area contributed by atoms with E-state index in [4.69, 9.17) is 15.3 Å². The number of thioether (sulfide) groups is 1. The molecule has 1 aromatic heterocycles. The zero-order valence-corrected chi connectivity index (χ0v) is 9.37. The Morgan fingerprint density at radius 3 is 2.73 bits per heavy atom. The van der Waals surface area contributed by atoms with Gasteiger partial charge in [0.1, 0.15) is 0 Å². The number of nitrogens with zero attached hydrogens (tertiary/aromatic N) is 2. The molecule has 1 heterocycles. The van der Waals surface area contributed by atoms with Crippen molar-refractivity contribution in [2.75, 3.05) is 5.75 Å². The zero-order chi connectivity index (χ0) is 11.5. The molecule has 0 bridgehead atoms. The normalized spacial score (nSPS) is 11.7. The van der Waals surface area contributed by atoms with E-state index in [1.807, 2.05) is 0 Å².